The molecule has 1 aliphatic heterocycles. The van der Waals surface area contributed by atoms with Crippen molar-refractivity contribution in [3.63, 3.8) is 0 Å². The zero-order valence-corrected chi connectivity index (χ0v) is 10.8. The number of hydrogen-bond acceptors (Lipinski definition) is 2. The highest BCUT2D eigenvalue weighted by molar-refractivity contribution is 5.89. The van der Waals surface area contributed by atoms with Gasteiger partial charge in [0.05, 0.1) is 0 Å². The van der Waals surface area contributed by atoms with Gasteiger partial charge in [0.1, 0.15) is 0 Å². The summed E-state index contributed by atoms with van der Waals surface area (Å²) in [7, 11) is 0. The quantitative estimate of drug-likeness (QED) is 0.766. The molecule has 18 heavy (non-hydrogen) atoms. The molecule has 3 N–H and O–H groups in total. The van der Waals surface area contributed by atoms with E-state index in [9.17, 15) is 4.79 Å². The van der Waals surface area contributed by atoms with Crippen LogP contribution in [0.25, 0.3) is 0 Å². The number of para-hydroxylation sites is 1. The first-order valence-electron chi connectivity index (χ1n) is 6.57. The topological polar surface area (TPSA) is 53.2 Å². The summed E-state index contributed by atoms with van der Waals surface area (Å²) in [6.07, 6.45) is 2.39. The van der Waals surface area contributed by atoms with Crippen LogP contribution >= 0.6 is 0 Å². The van der Waals surface area contributed by atoms with Gasteiger partial charge in [-0.25, -0.2) is 4.79 Å². The van der Waals surface area contributed by atoms with E-state index in [1.165, 1.54) is 12.8 Å². The van der Waals surface area contributed by atoms with Crippen molar-refractivity contribution in [2.75, 3.05) is 25.0 Å². The third kappa shape index (κ3) is 3.74. The lowest BCUT2D eigenvalue weighted by atomic mass is 10.00. The number of anilines is 1. The Bertz CT molecular complexity index is 400. The van der Waals surface area contributed by atoms with E-state index in [-0.39, 0.29) is 6.03 Å². The van der Waals surface area contributed by atoms with Gasteiger partial charge in [-0.05, 0) is 50.4 Å². The number of rotatable bonds is 3. The summed E-state index contributed by atoms with van der Waals surface area (Å²) in [4.78, 5) is 11.8. The van der Waals surface area contributed by atoms with Crippen LogP contribution in [0.5, 0.6) is 0 Å². The van der Waals surface area contributed by atoms with Crippen molar-refractivity contribution >= 4 is 11.7 Å². The molecule has 1 aromatic rings. The number of hydrogen-bond donors (Lipinski definition) is 3. The molecule has 0 aliphatic carbocycles. The van der Waals surface area contributed by atoms with Gasteiger partial charge in [-0.2, -0.15) is 0 Å². The summed E-state index contributed by atoms with van der Waals surface area (Å²) in [5.41, 5.74) is 1.95. The van der Waals surface area contributed by atoms with E-state index in [1.54, 1.807) is 0 Å². The number of benzene rings is 1. The number of carbonyl (C=O) groups is 1. The molecule has 2 rings (SSSR count). The largest absolute Gasteiger partial charge is 0.338 e. The molecule has 0 aromatic heterocycles. The van der Waals surface area contributed by atoms with Crippen LogP contribution in [0.2, 0.25) is 0 Å². The average Bonchev–Trinajstić information content (AvgIpc) is 2.40. The molecule has 0 saturated carbocycles. The van der Waals surface area contributed by atoms with Crippen molar-refractivity contribution < 1.29 is 4.79 Å². The lowest BCUT2D eigenvalue weighted by Gasteiger charge is -2.23. The number of aryl methyl sites for hydroxylation is 1. The van der Waals surface area contributed by atoms with Gasteiger partial charge in [-0.1, -0.05) is 18.2 Å². The van der Waals surface area contributed by atoms with Crippen LogP contribution in [0.4, 0.5) is 10.5 Å². The summed E-state index contributed by atoms with van der Waals surface area (Å²) in [6, 6.07) is 7.67. The standard InChI is InChI=1S/C14H21N3O/c1-11-5-2-3-7-13(11)17-14(18)16-10-12-6-4-8-15-9-12/h2-3,5,7,12,15H,4,6,8-10H2,1H3,(H2,16,17,18). The van der Waals surface area contributed by atoms with Crippen molar-refractivity contribution in [3.8, 4) is 0 Å². The molecule has 1 aliphatic rings. The van der Waals surface area contributed by atoms with Crippen LogP contribution in [-0.4, -0.2) is 25.7 Å². The van der Waals surface area contributed by atoms with Crippen LogP contribution < -0.4 is 16.0 Å². The van der Waals surface area contributed by atoms with E-state index < -0.39 is 0 Å². The second-order valence-corrected chi connectivity index (χ2v) is 4.86. The highest BCUT2D eigenvalue weighted by atomic mass is 16.2. The first-order chi connectivity index (χ1) is 8.75. The smallest absolute Gasteiger partial charge is 0.319 e. The first-order valence-corrected chi connectivity index (χ1v) is 6.57. The summed E-state index contributed by atoms with van der Waals surface area (Å²) >= 11 is 0. The maximum atomic E-state index is 11.8. The van der Waals surface area contributed by atoms with E-state index in [1.807, 2.05) is 31.2 Å². The molecular weight excluding hydrogens is 226 g/mol. The Kier molecular flexibility index (Phi) is 4.59. The normalized spacial score (nSPS) is 19.3. The van der Waals surface area contributed by atoms with Gasteiger partial charge in [0.15, 0.2) is 0 Å². The fourth-order valence-corrected chi connectivity index (χ4v) is 2.21. The van der Waals surface area contributed by atoms with Crippen LogP contribution in [0.3, 0.4) is 0 Å². The molecule has 1 heterocycles. The van der Waals surface area contributed by atoms with Gasteiger partial charge >= 0.3 is 6.03 Å². The van der Waals surface area contributed by atoms with Crippen LogP contribution in [0.15, 0.2) is 24.3 Å². The Balaban J connectivity index is 1.76. The van der Waals surface area contributed by atoms with Gasteiger partial charge < -0.3 is 16.0 Å². The Morgan fingerprint density at radius 1 is 1.44 bits per heavy atom. The highest BCUT2D eigenvalue weighted by Gasteiger charge is 2.13. The molecule has 0 radical (unpaired) electrons. The monoisotopic (exact) mass is 247 g/mol. The third-order valence-corrected chi connectivity index (χ3v) is 3.34. The number of urea groups is 1. The lowest BCUT2D eigenvalue weighted by molar-refractivity contribution is 0.248. The molecular formula is C14H21N3O. The molecule has 4 heteroatoms. The van der Waals surface area contributed by atoms with E-state index in [2.05, 4.69) is 16.0 Å². The molecule has 1 unspecified atom stereocenters. The minimum atomic E-state index is -0.116. The predicted molar refractivity (Wildman–Crippen MR) is 73.8 cm³/mol. The van der Waals surface area contributed by atoms with Crippen molar-refractivity contribution in [1.82, 2.24) is 10.6 Å². The minimum absolute atomic E-state index is 0.116. The van der Waals surface area contributed by atoms with Gasteiger partial charge in [0, 0.05) is 12.2 Å². The number of nitrogens with one attached hydrogen (secondary N) is 3. The molecule has 1 fully saturated rings. The Morgan fingerprint density at radius 2 is 2.28 bits per heavy atom. The summed E-state index contributed by atoms with van der Waals surface area (Å²) in [5.74, 6) is 0.557. The first kappa shape index (κ1) is 12.9. The molecule has 1 saturated heterocycles. The molecule has 0 bridgehead atoms. The molecule has 2 amide bonds. The fourth-order valence-electron chi connectivity index (χ4n) is 2.21. The van der Waals surface area contributed by atoms with Crippen molar-refractivity contribution in [3.05, 3.63) is 29.8 Å². The van der Waals surface area contributed by atoms with E-state index in [0.29, 0.717) is 5.92 Å². The molecule has 1 atom stereocenters. The average molecular weight is 247 g/mol. The molecule has 0 spiro atoms. The van der Waals surface area contributed by atoms with E-state index >= 15 is 0 Å². The Morgan fingerprint density at radius 3 is 3.00 bits per heavy atom. The second-order valence-electron chi connectivity index (χ2n) is 4.86. The SMILES string of the molecule is Cc1ccccc1NC(=O)NCC1CCCNC1. The van der Waals surface area contributed by atoms with Crippen LogP contribution in [-0.2, 0) is 0 Å². The van der Waals surface area contributed by atoms with E-state index in [4.69, 9.17) is 0 Å². The second kappa shape index (κ2) is 6.40. The van der Waals surface area contributed by atoms with E-state index in [0.717, 1.165) is 30.9 Å². The molecule has 1 aromatic carbocycles. The minimum Gasteiger partial charge on any atom is -0.338 e. The molecule has 4 nitrogen and oxygen atoms in total. The third-order valence-electron chi connectivity index (χ3n) is 3.34. The summed E-state index contributed by atoms with van der Waals surface area (Å²) in [6.45, 7) is 4.84. The number of piperidine rings is 1. The van der Waals surface area contributed by atoms with Crippen LogP contribution in [0, 0.1) is 12.8 Å². The number of amides is 2. The Hall–Kier alpha value is -1.55. The lowest BCUT2D eigenvalue weighted by Crippen LogP contribution is -2.39. The summed E-state index contributed by atoms with van der Waals surface area (Å²) in [5, 5.41) is 9.16. The van der Waals surface area contributed by atoms with Crippen molar-refractivity contribution in [2.24, 2.45) is 5.92 Å². The van der Waals surface area contributed by atoms with Crippen molar-refractivity contribution in [1.29, 1.82) is 0 Å². The van der Waals surface area contributed by atoms with Gasteiger partial charge in [0.2, 0.25) is 0 Å². The zero-order valence-electron chi connectivity index (χ0n) is 10.8. The van der Waals surface area contributed by atoms with Gasteiger partial charge in [-0.15, -0.1) is 0 Å². The molecule has 98 valence electrons. The van der Waals surface area contributed by atoms with Crippen molar-refractivity contribution in [2.45, 2.75) is 19.8 Å². The predicted octanol–water partition coefficient (Wildman–Crippen LogP) is 2.12. The maximum Gasteiger partial charge on any atom is 0.319 e. The maximum absolute atomic E-state index is 11.8. The fraction of sp³-hybridized carbons (Fsp3) is 0.500. The zero-order chi connectivity index (χ0) is 12.8. The van der Waals surface area contributed by atoms with Gasteiger partial charge in [0.25, 0.3) is 0 Å². The Labute approximate surface area is 108 Å². The summed E-state index contributed by atoms with van der Waals surface area (Å²) < 4.78 is 0. The van der Waals surface area contributed by atoms with Crippen LogP contribution in [0.1, 0.15) is 18.4 Å². The van der Waals surface area contributed by atoms with Gasteiger partial charge in [-0.3, -0.25) is 0 Å². The highest BCUT2D eigenvalue weighted by Crippen LogP contribution is 2.13. The number of carbonyl (C=O) groups excluding carboxylic acids is 1.